The minimum absolute atomic E-state index is 0.00438. The third-order valence-electron chi connectivity index (χ3n) is 9.93. The lowest BCUT2D eigenvalue weighted by molar-refractivity contribution is -0.176. The first-order valence-corrected chi connectivity index (χ1v) is 15.5. The Labute approximate surface area is 252 Å². The standard InChI is InChI=1S/C35H41NO7/c1-3-4-5-6-7-8-12-15-28(38)42-30(23-13-10-9-11-14-23)33(39)41-26-18-19-35(40)27-22-24-16-17-25(37)31-29(24)34(35,32(26)43-31)20-21-36(27)2/h3,9-11,13-14,16-18,27,30,32,37,40H,1,4-8,12,15,19-22H2,2H3/t27-,30+,32?,34?,35-/m1/s1. The van der Waals surface area contributed by atoms with Crippen LogP contribution in [-0.4, -0.2) is 58.4 Å². The molecule has 1 spiro atoms. The number of piperidine rings is 1. The number of unbranched alkanes of at least 4 members (excludes halogenated alkanes) is 5. The molecule has 43 heavy (non-hydrogen) atoms. The molecule has 0 radical (unpaired) electrons. The Morgan fingerprint density at radius 1 is 1.14 bits per heavy atom. The van der Waals surface area contributed by atoms with Crippen LogP contribution in [0.2, 0.25) is 0 Å². The molecule has 4 aliphatic rings. The largest absolute Gasteiger partial charge is 0.504 e. The molecule has 2 unspecified atom stereocenters. The summed E-state index contributed by atoms with van der Waals surface area (Å²) in [6.45, 7) is 4.47. The SMILES string of the molecule is C=CCCCCCCCC(=O)O[C@H](C(=O)OC1=CC[C@@]2(O)[C@H]3Cc4ccc(O)c5c4C2(CCN3C)C1O5)c1ccccc1. The van der Waals surface area contributed by atoms with Gasteiger partial charge in [0.2, 0.25) is 6.10 Å². The number of allylic oxidation sites excluding steroid dienone is 1. The van der Waals surface area contributed by atoms with Crippen molar-refractivity contribution in [3.05, 3.63) is 83.6 Å². The van der Waals surface area contributed by atoms with Crippen molar-refractivity contribution in [2.45, 2.75) is 93.5 Å². The van der Waals surface area contributed by atoms with Gasteiger partial charge in [0.1, 0.15) is 5.76 Å². The Hall–Kier alpha value is -3.62. The first kappa shape index (κ1) is 29.5. The van der Waals surface area contributed by atoms with E-state index < -0.39 is 35.2 Å². The van der Waals surface area contributed by atoms with Crippen molar-refractivity contribution in [2.75, 3.05) is 13.6 Å². The molecular formula is C35H41NO7. The van der Waals surface area contributed by atoms with E-state index in [0.717, 1.165) is 49.8 Å². The normalized spacial score (nSPS) is 27.3. The van der Waals surface area contributed by atoms with Crippen LogP contribution in [0.3, 0.4) is 0 Å². The highest BCUT2D eigenvalue weighted by Crippen LogP contribution is 2.65. The molecule has 6 rings (SSSR count). The molecule has 228 valence electrons. The average Bonchev–Trinajstić information content (AvgIpc) is 3.37. The highest BCUT2D eigenvalue weighted by molar-refractivity contribution is 5.82. The second kappa shape index (κ2) is 11.8. The number of nitrogens with zero attached hydrogens (tertiary/aromatic N) is 1. The van der Waals surface area contributed by atoms with E-state index in [9.17, 15) is 19.8 Å². The molecule has 2 aliphatic heterocycles. The molecule has 2 bridgehead atoms. The van der Waals surface area contributed by atoms with Gasteiger partial charge in [-0.1, -0.05) is 61.7 Å². The van der Waals surface area contributed by atoms with Gasteiger partial charge in [-0.3, -0.25) is 4.79 Å². The Morgan fingerprint density at radius 3 is 2.70 bits per heavy atom. The van der Waals surface area contributed by atoms with Gasteiger partial charge < -0.3 is 29.3 Å². The van der Waals surface area contributed by atoms with Crippen molar-refractivity contribution in [3.8, 4) is 11.5 Å². The van der Waals surface area contributed by atoms with Gasteiger partial charge in [0, 0.05) is 30.0 Å². The number of hydrogen-bond donors (Lipinski definition) is 2. The molecule has 0 amide bonds. The average molecular weight is 588 g/mol. The maximum atomic E-state index is 13.8. The fraction of sp³-hybridized carbons (Fsp3) is 0.486. The number of likely N-dealkylation sites (N-methyl/N-ethyl adjacent to an activating group) is 1. The zero-order valence-corrected chi connectivity index (χ0v) is 24.8. The summed E-state index contributed by atoms with van der Waals surface area (Å²) in [5, 5.41) is 23.1. The van der Waals surface area contributed by atoms with Gasteiger partial charge in [-0.15, -0.1) is 6.58 Å². The first-order valence-electron chi connectivity index (χ1n) is 15.5. The molecule has 8 heteroatoms. The Morgan fingerprint density at radius 2 is 1.91 bits per heavy atom. The number of phenols is 1. The van der Waals surface area contributed by atoms with Gasteiger partial charge in [-0.05, 0) is 63.4 Å². The molecule has 2 aliphatic carbocycles. The number of likely N-dealkylation sites (tertiary alicyclic amines) is 1. The molecule has 0 aromatic heterocycles. The Bertz CT molecular complexity index is 1420. The summed E-state index contributed by atoms with van der Waals surface area (Å²) in [6.07, 6.45) is 9.11. The van der Waals surface area contributed by atoms with Crippen LogP contribution < -0.4 is 4.74 Å². The number of carbonyl (C=O) groups is 2. The lowest BCUT2D eigenvalue weighted by atomic mass is 9.50. The van der Waals surface area contributed by atoms with Crippen LogP contribution in [0.15, 0.2) is 67.0 Å². The number of aromatic hydroxyl groups is 1. The minimum Gasteiger partial charge on any atom is -0.504 e. The fourth-order valence-electron chi connectivity index (χ4n) is 7.77. The third kappa shape index (κ3) is 4.94. The van der Waals surface area contributed by atoms with Gasteiger partial charge >= 0.3 is 11.9 Å². The zero-order chi connectivity index (χ0) is 30.2. The lowest BCUT2D eigenvalue weighted by Crippen LogP contribution is -2.74. The molecule has 0 saturated carbocycles. The minimum atomic E-state index is -1.25. The predicted octanol–water partition coefficient (Wildman–Crippen LogP) is 5.41. The van der Waals surface area contributed by atoms with E-state index in [-0.39, 0.29) is 30.4 Å². The molecule has 2 aromatic rings. The molecule has 8 nitrogen and oxygen atoms in total. The van der Waals surface area contributed by atoms with Crippen LogP contribution in [0, 0.1) is 0 Å². The number of ether oxygens (including phenoxy) is 3. The van der Waals surface area contributed by atoms with Crippen molar-refractivity contribution >= 4 is 11.9 Å². The summed E-state index contributed by atoms with van der Waals surface area (Å²) < 4.78 is 18.2. The number of benzene rings is 2. The molecular weight excluding hydrogens is 546 g/mol. The van der Waals surface area contributed by atoms with Crippen LogP contribution in [-0.2, 0) is 30.9 Å². The summed E-state index contributed by atoms with van der Waals surface area (Å²) in [5.74, 6) is -0.542. The van der Waals surface area contributed by atoms with E-state index in [1.54, 1.807) is 36.4 Å². The highest BCUT2D eigenvalue weighted by Gasteiger charge is 2.72. The van der Waals surface area contributed by atoms with Crippen molar-refractivity contribution in [2.24, 2.45) is 0 Å². The topological polar surface area (TPSA) is 106 Å². The summed E-state index contributed by atoms with van der Waals surface area (Å²) in [5.41, 5.74) is 0.330. The van der Waals surface area contributed by atoms with Crippen molar-refractivity contribution in [3.63, 3.8) is 0 Å². The molecule has 1 fully saturated rings. The molecule has 2 N–H and O–H groups in total. The lowest BCUT2D eigenvalue weighted by Gasteiger charge is -2.61. The second-order valence-electron chi connectivity index (χ2n) is 12.4. The van der Waals surface area contributed by atoms with Gasteiger partial charge in [-0.2, -0.15) is 0 Å². The second-order valence-corrected chi connectivity index (χ2v) is 12.4. The van der Waals surface area contributed by atoms with Crippen molar-refractivity contribution in [1.82, 2.24) is 4.90 Å². The quantitative estimate of drug-likeness (QED) is 0.193. The maximum absolute atomic E-state index is 13.8. The molecule has 5 atom stereocenters. The number of esters is 2. The van der Waals surface area contributed by atoms with Crippen LogP contribution in [0.4, 0.5) is 0 Å². The van der Waals surface area contributed by atoms with Crippen molar-refractivity contribution in [1.29, 1.82) is 0 Å². The first-order chi connectivity index (χ1) is 20.8. The summed E-state index contributed by atoms with van der Waals surface area (Å²) >= 11 is 0. The third-order valence-corrected chi connectivity index (χ3v) is 9.93. The van der Waals surface area contributed by atoms with Gasteiger partial charge in [0.25, 0.3) is 0 Å². The number of aliphatic hydroxyl groups is 1. The van der Waals surface area contributed by atoms with Crippen LogP contribution >= 0.6 is 0 Å². The number of phenolic OH excluding ortho intramolecular Hbond substituents is 1. The van der Waals surface area contributed by atoms with E-state index in [2.05, 4.69) is 11.5 Å². The Balaban J connectivity index is 1.22. The van der Waals surface area contributed by atoms with Gasteiger partial charge in [-0.25, -0.2) is 4.79 Å². The fourth-order valence-corrected chi connectivity index (χ4v) is 7.77. The van der Waals surface area contributed by atoms with E-state index in [1.165, 1.54) is 0 Å². The number of hydrogen-bond acceptors (Lipinski definition) is 8. The van der Waals surface area contributed by atoms with E-state index in [1.807, 2.05) is 25.3 Å². The number of carbonyl (C=O) groups excluding carboxylic acids is 2. The van der Waals surface area contributed by atoms with Crippen LogP contribution in [0.1, 0.15) is 80.6 Å². The monoisotopic (exact) mass is 587 g/mol. The van der Waals surface area contributed by atoms with Crippen molar-refractivity contribution < 1.29 is 34.0 Å². The Kier molecular flexibility index (Phi) is 8.09. The molecule has 1 saturated heterocycles. The van der Waals surface area contributed by atoms with E-state index >= 15 is 0 Å². The molecule has 2 aromatic carbocycles. The van der Waals surface area contributed by atoms with E-state index in [4.69, 9.17) is 14.2 Å². The smallest absolute Gasteiger partial charge is 0.357 e. The van der Waals surface area contributed by atoms with Gasteiger partial charge in [0.05, 0.1) is 11.0 Å². The predicted molar refractivity (Wildman–Crippen MR) is 160 cm³/mol. The maximum Gasteiger partial charge on any atom is 0.357 e. The summed E-state index contributed by atoms with van der Waals surface area (Å²) in [7, 11) is 2.02. The van der Waals surface area contributed by atoms with Gasteiger partial charge in [0.15, 0.2) is 17.6 Å². The number of rotatable bonds is 12. The summed E-state index contributed by atoms with van der Waals surface area (Å²) in [4.78, 5) is 28.9. The zero-order valence-electron chi connectivity index (χ0n) is 24.8. The van der Waals surface area contributed by atoms with E-state index in [0.29, 0.717) is 30.6 Å². The molecule has 2 heterocycles. The van der Waals surface area contributed by atoms with Crippen LogP contribution in [0.25, 0.3) is 0 Å². The highest BCUT2D eigenvalue weighted by atomic mass is 16.6. The van der Waals surface area contributed by atoms with Crippen LogP contribution in [0.5, 0.6) is 11.5 Å². The summed E-state index contributed by atoms with van der Waals surface area (Å²) in [6, 6.07) is 12.3.